The lowest BCUT2D eigenvalue weighted by Gasteiger charge is -2.32. The van der Waals surface area contributed by atoms with Gasteiger partial charge < -0.3 is 9.47 Å². The van der Waals surface area contributed by atoms with Gasteiger partial charge in [-0.05, 0) is 48.4 Å². The van der Waals surface area contributed by atoms with Crippen LogP contribution in [0.3, 0.4) is 0 Å². The minimum Gasteiger partial charge on any atom is -0.497 e. The van der Waals surface area contributed by atoms with Gasteiger partial charge in [0.15, 0.2) is 0 Å². The molecule has 30 heavy (non-hydrogen) atoms. The van der Waals surface area contributed by atoms with E-state index in [1.807, 2.05) is 55.5 Å². The van der Waals surface area contributed by atoms with Crippen LogP contribution < -0.4 is 14.2 Å². The highest BCUT2D eigenvalue weighted by atomic mass is 32.2. The maximum atomic E-state index is 13.2. The third-order valence-corrected chi connectivity index (χ3v) is 7.58. The lowest BCUT2D eigenvalue weighted by molar-refractivity contribution is 0.190. The summed E-state index contributed by atoms with van der Waals surface area (Å²) in [6.07, 6.45) is 0. The molecule has 0 radical (unpaired) electrons. The monoisotopic (exact) mass is 421 g/mol. The van der Waals surface area contributed by atoms with Gasteiger partial charge in [-0.15, -0.1) is 0 Å². The molecule has 0 spiro atoms. The van der Waals surface area contributed by atoms with E-state index < -0.39 is 10.0 Å². The van der Waals surface area contributed by atoms with Gasteiger partial charge in [-0.25, -0.2) is 13.1 Å². The molecule has 0 amide bonds. The fraction of sp³-hybridized carbons (Fsp3) is 0.250. The van der Waals surface area contributed by atoms with Crippen molar-refractivity contribution in [3.8, 4) is 11.5 Å². The second kappa shape index (κ2) is 7.15. The Kier molecular flexibility index (Phi) is 4.56. The number of ether oxygens (including phenoxy) is 2. The second-order valence-electron chi connectivity index (χ2n) is 7.90. The predicted octanol–water partition coefficient (Wildman–Crippen LogP) is 4.18. The molecule has 6 heteroatoms. The van der Waals surface area contributed by atoms with Crippen molar-refractivity contribution < 1.29 is 17.9 Å². The van der Waals surface area contributed by atoms with Crippen LogP contribution in [0.4, 0.5) is 0 Å². The van der Waals surface area contributed by atoms with Gasteiger partial charge in [0.2, 0.25) is 10.0 Å². The summed E-state index contributed by atoms with van der Waals surface area (Å²) in [6.45, 7) is 2.38. The van der Waals surface area contributed by atoms with Gasteiger partial charge in [-0.1, -0.05) is 42.0 Å². The number of nitrogens with one attached hydrogen (secondary N) is 1. The molecule has 154 valence electrons. The van der Waals surface area contributed by atoms with Crippen LogP contribution in [0.5, 0.6) is 11.5 Å². The van der Waals surface area contributed by atoms with Crippen LogP contribution in [0.1, 0.15) is 34.2 Å². The van der Waals surface area contributed by atoms with E-state index in [1.165, 1.54) is 0 Å². The van der Waals surface area contributed by atoms with Gasteiger partial charge in [0, 0.05) is 17.4 Å². The standard InChI is InChI=1S/C24H23NO4S/c1-15-7-10-17(11-8-15)30(26,27)25-24-19-6-4-3-5-18(19)23-20-13-16(28-2)9-12-22(20)29-14-21(23)24/h3-13,21,23-25H,14H2,1-2H3/t21-,23+,24-/m1/s1. The Morgan fingerprint density at radius 1 is 0.967 bits per heavy atom. The number of sulfonamides is 1. The third kappa shape index (κ3) is 3.07. The molecule has 1 aliphatic carbocycles. The van der Waals surface area contributed by atoms with Crippen molar-refractivity contribution in [1.82, 2.24) is 4.72 Å². The Balaban J connectivity index is 1.57. The fourth-order valence-corrected chi connectivity index (χ4v) is 5.91. The zero-order valence-electron chi connectivity index (χ0n) is 16.8. The Labute approximate surface area is 176 Å². The Morgan fingerprint density at radius 3 is 2.43 bits per heavy atom. The first kappa shape index (κ1) is 19.2. The average molecular weight is 422 g/mol. The van der Waals surface area contributed by atoms with Gasteiger partial charge in [0.25, 0.3) is 0 Å². The Morgan fingerprint density at radius 2 is 1.70 bits per heavy atom. The largest absolute Gasteiger partial charge is 0.497 e. The number of methoxy groups -OCH3 is 1. The molecule has 0 saturated carbocycles. The number of fused-ring (bicyclic) bond motifs is 5. The highest BCUT2D eigenvalue weighted by Crippen LogP contribution is 2.53. The Hall–Kier alpha value is -2.83. The quantitative estimate of drug-likeness (QED) is 0.687. The smallest absolute Gasteiger partial charge is 0.241 e. The molecule has 5 rings (SSSR count). The van der Waals surface area contributed by atoms with E-state index in [2.05, 4.69) is 10.8 Å². The fourth-order valence-electron chi connectivity index (χ4n) is 4.64. The van der Waals surface area contributed by atoms with Crippen LogP contribution in [0, 0.1) is 12.8 Å². The summed E-state index contributed by atoms with van der Waals surface area (Å²) >= 11 is 0. The molecule has 0 bridgehead atoms. The SMILES string of the molecule is COc1ccc2c(c1)[C@@H]1c3ccccc3[C@@H](NS(=O)(=O)c3ccc(C)cc3)[C@@H]1CO2. The molecule has 3 aromatic carbocycles. The van der Waals surface area contributed by atoms with Gasteiger partial charge >= 0.3 is 0 Å². The third-order valence-electron chi connectivity index (χ3n) is 6.12. The highest BCUT2D eigenvalue weighted by Gasteiger charge is 2.46. The summed E-state index contributed by atoms with van der Waals surface area (Å²) in [5, 5.41) is 0. The lowest BCUT2D eigenvalue weighted by atomic mass is 9.83. The first-order valence-corrected chi connectivity index (χ1v) is 11.4. The van der Waals surface area contributed by atoms with Crippen LogP contribution in [-0.4, -0.2) is 22.1 Å². The van der Waals surface area contributed by atoms with Crippen LogP contribution in [0.15, 0.2) is 71.6 Å². The second-order valence-corrected chi connectivity index (χ2v) is 9.61. The molecule has 2 aliphatic rings. The van der Waals surface area contributed by atoms with E-state index in [-0.39, 0.29) is 22.8 Å². The molecule has 3 aromatic rings. The molecule has 1 aliphatic heterocycles. The number of rotatable bonds is 4. The van der Waals surface area contributed by atoms with E-state index in [4.69, 9.17) is 9.47 Å². The summed E-state index contributed by atoms with van der Waals surface area (Å²) in [5.74, 6) is 1.60. The van der Waals surface area contributed by atoms with Gasteiger partial charge in [-0.3, -0.25) is 0 Å². The molecular weight excluding hydrogens is 398 g/mol. The first-order chi connectivity index (χ1) is 14.5. The van der Waals surface area contributed by atoms with Crippen molar-refractivity contribution in [3.63, 3.8) is 0 Å². The van der Waals surface area contributed by atoms with Crippen molar-refractivity contribution in [1.29, 1.82) is 0 Å². The Bertz CT molecular complexity index is 1200. The minimum atomic E-state index is -3.67. The topological polar surface area (TPSA) is 64.6 Å². The van der Waals surface area contributed by atoms with Gasteiger partial charge in [0.05, 0.1) is 24.7 Å². The summed E-state index contributed by atoms with van der Waals surface area (Å²) in [4.78, 5) is 0.271. The van der Waals surface area contributed by atoms with Crippen molar-refractivity contribution in [2.75, 3.05) is 13.7 Å². The van der Waals surface area contributed by atoms with E-state index in [0.717, 1.165) is 33.8 Å². The number of aryl methyl sites for hydroxylation is 1. The minimum absolute atomic E-state index is 0.0396. The van der Waals surface area contributed by atoms with Crippen molar-refractivity contribution in [2.24, 2.45) is 5.92 Å². The molecular formula is C24H23NO4S. The van der Waals surface area contributed by atoms with E-state index in [1.54, 1.807) is 19.2 Å². The van der Waals surface area contributed by atoms with Crippen LogP contribution in [0.2, 0.25) is 0 Å². The van der Waals surface area contributed by atoms with Gasteiger partial charge in [-0.2, -0.15) is 0 Å². The molecule has 0 aromatic heterocycles. The van der Waals surface area contributed by atoms with Crippen molar-refractivity contribution >= 4 is 10.0 Å². The van der Waals surface area contributed by atoms with Crippen molar-refractivity contribution in [2.45, 2.75) is 23.8 Å². The number of benzene rings is 3. The summed E-state index contributed by atoms with van der Waals surface area (Å²) in [5.41, 5.74) is 4.20. The maximum absolute atomic E-state index is 13.2. The van der Waals surface area contributed by atoms with Crippen LogP contribution in [0.25, 0.3) is 0 Å². The van der Waals surface area contributed by atoms with Crippen molar-refractivity contribution in [3.05, 3.63) is 89.0 Å². The highest BCUT2D eigenvalue weighted by molar-refractivity contribution is 7.89. The molecule has 3 atom stereocenters. The van der Waals surface area contributed by atoms with E-state index in [0.29, 0.717) is 6.61 Å². The summed E-state index contributed by atoms with van der Waals surface area (Å²) in [7, 11) is -2.03. The van der Waals surface area contributed by atoms with Crippen LogP contribution in [-0.2, 0) is 10.0 Å². The van der Waals surface area contributed by atoms with Gasteiger partial charge in [0.1, 0.15) is 11.5 Å². The van der Waals surface area contributed by atoms with E-state index in [9.17, 15) is 8.42 Å². The zero-order valence-corrected chi connectivity index (χ0v) is 17.6. The number of hydrogen-bond donors (Lipinski definition) is 1. The molecule has 0 saturated heterocycles. The molecule has 5 nitrogen and oxygen atoms in total. The maximum Gasteiger partial charge on any atom is 0.241 e. The average Bonchev–Trinajstić information content (AvgIpc) is 3.07. The van der Waals surface area contributed by atoms with Crippen LogP contribution >= 0.6 is 0 Å². The molecule has 0 fully saturated rings. The zero-order chi connectivity index (χ0) is 20.9. The normalized spacial score (nSPS) is 21.9. The summed E-state index contributed by atoms with van der Waals surface area (Å²) in [6, 6.07) is 20.4. The molecule has 1 N–H and O–H groups in total. The molecule has 0 unspecified atom stereocenters. The number of hydrogen-bond acceptors (Lipinski definition) is 4. The summed E-state index contributed by atoms with van der Waals surface area (Å²) < 4.78 is 40.8. The lowest BCUT2D eigenvalue weighted by Crippen LogP contribution is -2.36. The predicted molar refractivity (Wildman–Crippen MR) is 115 cm³/mol. The first-order valence-electron chi connectivity index (χ1n) is 9.96. The van der Waals surface area contributed by atoms with E-state index >= 15 is 0 Å². The molecule has 1 heterocycles.